The molecule has 0 amide bonds. The summed E-state index contributed by atoms with van der Waals surface area (Å²) in [5.74, 6) is 1.02. The van der Waals surface area contributed by atoms with Crippen molar-refractivity contribution in [2.75, 3.05) is 37.7 Å². The second-order valence-corrected chi connectivity index (χ2v) is 6.31. The average Bonchev–Trinajstić information content (AvgIpc) is 2.99. The first kappa shape index (κ1) is 17.6. The van der Waals surface area contributed by atoms with Crippen LogP contribution in [0.2, 0.25) is 0 Å². The molecule has 1 saturated heterocycles. The lowest BCUT2D eigenvalue weighted by Gasteiger charge is -2.34. The van der Waals surface area contributed by atoms with E-state index in [0.29, 0.717) is 12.6 Å². The standard InChI is InChI=1S/C16H30N6O/c1-4-17-16(18-8-13(2)12-23)20-14-6-5-7-22(10-14)15-9-19-21(3)11-15/h9,11,13-14,23H,4-8,10,12H2,1-3H3,(H2,17,18,20). The van der Waals surface area contributed by atoms with Gasteiger partial charge in [-0.3, -0.25) is 9.67 Å². The number of aliphatic hydroxyl groups excluding tert-OH is 1. The zero-order valence-electron chi connectivity index (χ0n) is 14.5. The number of hydrogen-bond donors (Lipinski definition) is 3. The number of aromatic nitrogens is 2. The molecule has 2 unspecified atom stereocenters. The van der Waals surface area contributed by atoms with Crippen LogP contribution < -0.4 is 15.5 Å². The van der Waals surface area contributed by atoms with Gasteiger partial charge in [0.15, 0.2) is 5.96 Å². The van der Waals surface area contributed by atoms with Gasteiger partial charge in [0, 0.05) is 52.1 Å². The van der Waals surface area contributed by atoms with Gasteiger partial charge >= 0.3 is 0 Å². The second-order valence-electron chi connectivity index (χ2n) is 6.31. The van der Waals surface area contributed by atoms with E-state index in [1.54, 1.807) is 0 Å². The van der Waals surface area contributed by atoms with Gasteiger partial charge < -0.3 is 20.6 Å². The van der Waals surface area contributed by atoms with Crippen molar-refractivity contribution in [1.29, 1.82) is 0 Å². The van der Waals surface area contributed by atoms with Gasteiger partial charge in [-0.25, -0.2) is 0 Å². The lowest BCUT2D eigenvalue weighted by atomic mass is 10.1. The number of hydrogen-bond acceptors (Lipinski definition) is 4. The minimum Gasteiger partial charge on any atom is -0.396 e. The number of guanidine groups is 1. The molecule has 2 rings (SSSR count). The van der Waals surface area contributed by atoms with Gasteiger partial charge in [0.25, 0.3) is 0 Å². The summed E-state index contributed by atoms with van der Waals surface area (Å²) in [5, 5.41) is 20.2. The second kappa shape index (κ2) is 8.76. The molecule has 1 fully saturated rings. The predicted octanol–water partition coefficient (Wildman–Crippen LogP) is 0.572. The van der Waals surface area contributed by atoms with E-state index in [9.17, 15) is 0 Å². The van der Waals surface area contributed by atoms with Crippen molar-refractivity contribution in [2.24, 2.45) is 18.0 Å². The lowest BCUT2D eigenvalue weighted by molar-refractivity contribution is 0.241. The summed E-state index contributed by atoms with van der Waals surface area (Å²) < 4.78 is 1.84. The molecule has 1 aliphatic heterocycles. The zero-order chi connectivity index (χ0) is 16.7. The molecule has 3 N–H and O–H groups in total. The van der Waals surface area contributed by atoms with Crippen LogP contribution in [0.15, 0.2) is 17.4 Å². The van der Waals surface area contributed by atoms with Crippen LogP contribution in [0, 0.1) is 5.92 Å². The van der Waals surface area contributed by atoms with Gasteiger partial charge in [0.1, 0.15) is 0 Å². The predicted molar refractivity (Wildman–Crippen MR) is 93.8 cm³/mol. The Kier molecular flexibility index (Phi) is 6.70. The van der Waals surface area contributed by atoms with Crippen LogP contribution in [0.3, 0.4) is 0 Å². The molecular formula is C16H30N6O. The molecule has 0 aliphatic carbocycles. The molecule has 0 saturated carbocycles. The summed E-state index contributed by atoms with van der Waals surface area (Å²) in [6, 6.07) is 0.367. The fourth-order valence-corrected chi connectivity index (χ4v) is 2.72. The Morgan fingerprint density at radius 2 is 2.39 bits per heavy atom. The summed E-state index contributed by atoms with van der Waals surface area (Å²) in [6.07, 6.45) is 6.27. The van der Waals surface area contributed by atoms with E-state index < -0.39 is 0 Å². The van der Waals surface area contributed by atoms with Crippen molar-refractivity contribution in [3.05, 3.63) is 12.4 Å². The van der Waals surface area contributed by atoms with Crippen molar-refractivity contribution >= 4 is 11.6 Å². The van der Waals surface area contributed by atoms with Gasteiger partial charge in [0.05, 0.1) is 11.9 Å². The monoisotopic (exact) mass is 322 g/mol. The number of aliphatic imine (C=N–C) groups is 1. The first-order valence-corrected chi connectivity index (χ1v) is 8.51. The summed E-state index contributed by atoms with van der Waals surface area (Å²) >= 11 is 0. The molecule has 0 radical (unpaired) electrons. The highest BCUT2D eigenvalue weighted by Gasteiger charge is 2.21. The van der Waals surface area contributed by atoms with Crippen LogP contribution in [-0.2, 0) is 7.05 Å². The smallest absolute Gasteiger partial charge is 0.191 e. The Labute approximate surface area is 138 Å². The quantitative estimate of drug-likeness (QED) is 0.527. The minimum absolute atomic E-state index is 0.168. The number of aryl methyl sites for hydroxylation is 1. The van der Waals surface area contributed by atoms with Crippen molar-refractivity contribution in [2.45, 2.75) is 32.7 Å². The number of nitrogens with one attached hydrogen (secondary N) is 2. The highest BCUT2D eigenvalue weighted by atomic mass is 16.3. The molecular weight excluding hydrogens is 292 g/mol. The molecule has 1 aromatic heterocycles. The fourth-order valence-electron chi connectivity index (χ4n) is 2.72. The van der Waals surface area contributed by atoms with Gasteiger partial charge in [-0.2, -0.15) is 5.10 Å². The normalized spacial score (nSPS) is 20.4. The van der Waals surface area contributed by atoms with E-state index in [0.717, 1.165) is 38.4 Å². The topological polar surface area (TPSA) is 77.7 Å². The Morgan fingerprint density at radius 3 is 3.04 bits per heavy atom. The molecule has 1 aliphatic rings. The maximum atomic E-state index is 9.14. The summed E-state index contributed by atoms with van der Waals surface area (Å²) in [4.78, 5) is 6.95. The first-order valence-electron chi connectivity index (χ1n) is 8.51. The molecule has 130 valence electrons. The van der Waals surface area contributed by atoms with Crippen molar-refractivity contribution < 1.29 is 5.11 Å². The molecule has 7 heteroatoms. The van der Waals surface area contributed by atoms with E-state index in [2.05, 4.69) is 38.7 Å². The van der Waals surface area contributed by atoms with Crippen LogP contribution in [0.4, 0.5) is 5.69 Å². The third kappa shape index (κ3) is 5.42. The van der Waals surface area contributed by atoms with Gasteiger partial charge in [0.2, 0.25) is 0 Å². The Morgan fingerprint density at radius 1 is 1.57 bits per heavy atom. The molecule has 2 atom stereocenters. The number of anilines is 1. The molecule has 0 bridgehead atoms. The van der Waals surface area contributed by atoms with E-state index in [-0.39, 0.29) is 12.5 Å². The maximum absolute atomic E-state index is 9.14. The van der Waals surface area contributed by atoms with Crippen LogP contribution in [-0.4, -0.2) is 59.7 Å². The molecule has 0 spiro atoms. The largest absolute Gasteiger partial charge is 0.396 e. The van der Waals surface area contributed by atoms with Gasteiger partial charge in [-0.15, -0.1) is 0 Å². The van der Waals surface area contributed by atoms with E-state index in [4.69, 9.17) is 5.11 Å². The van der Waals surface area contributed by atoms with Crippen molar-refractivity contribution in [1.82, 2.24) is 20.4 Å². The SMILES string of the molecule is CCNC(=NCC(C)CO)NC1CCCN(c2cnn(C)c2)C1. The third-order valence-electron chi connectivity index (χ3n) is 4.04. The Balaban J connectivity index is 1.93. The van der Waals surface area contributed by atoms with Crippen LogP contribution in [0.5, 0.6) is 0 Å². The van der Waals surface area contributed by atoms with Crippen molar-refractivity contribution in [3.8, 4) is 0 Å². The highest BCUT2D eigenvalue weighted by Crippen LogP contribution is 2.18. The fraction of sp³-hybridized carbons (Fsp3) is 0.750. The summed E-state index contributed by atoms with van der Waals surface area (Å²) in [6.45, 7) is 7.71. The van der Waals surface area contributed by atoms with Crippen LogP contribution in [0.1, 0.15) is 26.7 Å². The number of piperidine rings is 1. The molecule has 0 aromatic carbocycles. The number of rotatable bonds is 6. The number of nitrogens with zero attached hydrogens (tertiary/aromatic N) is 4. The zero-order valence-corrected chi connectivity index (χ0v) is 14.5. The van der Waals surface area contributed by atoms with Crippen LogP contribution in [0.25, 0.3) is 0 Å². The highest BCUT2D eigenvalue weighted by molar-refractivity contribution is 5.80. The molecule has 23 heavy (non-hydrogen) atoms. The van der Waals surface area contributed by atoms with E-state index >= 15 is 0 Å². The third-order valence-corrected chi connectivity index (χ3v) is 4.04. The first-order chi connectivity index (χ1) is 11.1. The van der Waals surface area contributed by atoms with Gasteiger partial charge in [-0.05, 0) is 25.7 Å². The summed E-state index contributed by atoms with van der Waals surface area (Å²) in [5.41, 5.74) is 1.18. The number of aliphatic hydroxyl groups is 1. The maximum Gasteiger partial charge on any atom is 0.191 e. The molecule has 1 aromatic rings. The average molecular weight is 322 g/mol. The van der Waals surface area contributed by atoms with Crippen molar-refractivity contribution in [3.63, 3.8) is 0 Å². The van der Waals surface area contributed by atoms with E-state index in [1.165, 1.54) is 5.69 Å². The molecule has 7 nitrogen and oxygen atoms in total. The Hall–Kier alpha value is -1.76. The van der Waals surface area contributed by atoms with E-state index in [1.807, 2.05) is 24.9 Å². The Bertz CT molecular complexity index is 501. The molecule has 2 heterocycles. The van der Waals surface area contributed by atoms with Gasteiger partial charge in [-0.1, -0.05) is 6.92 Å². The minimum atomic E-state index is 0.168. The lowest BCUT2D eigenvalue weighted by Crippen LogP contribution is -2.51. The summed E-state index contributed by atoms with van der Waals surface area (Å²) in [7, 11) is 1.95. The van der Waals surface area contributed by atoms with Crippen LogP contribution >= 0.6 is 0 Å².